The van der Waals surface area contributed by atoms with E-state index in [1.165, 1.54) is 0 Å². The maximum atomic E-state index is 12.6. The van der Waals surface area contributed by atoms with Gasteiger partial charge >= 0.3 is 5.97 Å². The van der Waals surface area contributed by atoms with E-state index in [0.29, 0.717) is 37.2 Å². The summed E-state index contributed by atoms with van der Waals surface area (Å²) in [5.74, 6) is -1.67. The lowest BCUT2D eigenvalue weighted by Gasteiger charge is -2.35. The van der Waals surface area contributed by atoms with E-state index in [1.54, 1.807) is 29.2 Å². The topological polar surface area (TPSA) is 95.9 Å². The zero-order chi connectivity index (χ0) is 18.2. The molecule has 1 saturated carbocycles. The maximum Gasteiger partial charge on any atom is 0.319 e. The molecule has 0 aromatic heterocycles. The molecule has 0 radical (unpaired) electrons. The van der Waals surface area contributed by atoms with Crippen LogP contribution in [0.3, 0.4) is 0 Å². The van der Waals surface area contributed by atoms with E-state index in [1.807, 2.05) is 13.8 Å². The summed E-state index contributed by atoms with van der Waals surface area (Å²) in [5, 5.41) is 11.8. The lowest BCUT2D eigenvalue weighted by atomic mass is 10.1. The van der Waals surface area contributed by atoms with Crippen molar-refractivity contribution in [3.8, 4) is 0 Å². The largest absolute Gasteiger partial charge is 0.480 e. The zero-order valence-corrected chi connectivity index (χ0v) is 14.3. The number of morpholine rings is 1. The second-order valence-corrected chi connectivity index (χ2v) is 6.89. The Morgan fingerprint density at radius 3 is 2.16 bits per heavy atom. The minimum Gasteiger partial charge on any atom is -0.480 e. The average Bonchev–Trinajstić information content (AvgIpc) is 3.36. The summed E-state index contributed by atoms with van der Waals surface area (Å²) in [5.41, 5.74) is -0.273. The molecule has 0 unspecified atom stereocenters. The van der Waals surface area contributed by atoms with Gasteiger partial charge in [-0.25, -0.2) is 0 Å². The van der Waals surface area contributed by atoms with Gasteiger partial charge < -0.3 is 20.1 Å². The standard InChI is InChI=1S/C18H22N2O5/c1-11-9-20(10-12(2)25-11)15(21)13-3-5-14(6-4-13)19-16(22)18(7-8-18)17(23)24/h3-6,11-12H,7-10H2,1-2H3,(H,19,22)(H,23,24)/t11-,12-/m1/s1. The summed E-state index contributed by atoms with van der Waals surface area (Å²) in [4.78, 5) is 37.6. The van der Waals surface area contributed by atoms with Crippen LogP contribution in [-0.4, -0.2) is 53.1 Å². The number of aliphatic carboxylic acids is 1. The van der Waals surface area contributed by atoms with Crippen molar-refractivity contribution in [2.24, 2.45) is 5.41 Å². The van der Waals surface area contributed by atoms with E-state index in [2.05, 4.69) is 5.32 Å². The molecule has 1 aliphatic carbocycles. The molecule has 2 aliphatic rings. The maximum absolute atomic E-state index is 12.6. The van der Waals surface area contributed by atoms with Crippen LogP contribution in [0.1, 0.15) is 37.0 Å². The number of carbonyl (C=O) groups excluding carboxylic acids is 2. The minimum atomic E-state index is -1.28. The van der Waals surface area contributed by atoms with Gasteiger partial charge in [0, 0.05) is 24.3 Å². The third-order valence-electron chi connectivity index (χ3n) is 4.69. The molecular formula is C18H22N2O5. The van der Waals surface area contributed by atoms with Crippen molar-refractivity contribution in [1.82, 2.24) is 4.90 Å². The van der Waals surface area contributed by atoms with E-state index < -0.39 is 17.3 Å². The monoisotopic (exact) mass is 346 g/mol. The summed E-state index contributed by atoms with van der Waals surface area (Å²) in [7, 11) is 0. The number of carboxylic acid groups (broad SMARTS) is 1. The van der Waals surface area contributed by atoms with Crippen molar-refractivity contribution in [3.05, 3.63) is 29.8 Å². The van der Waals surface area contributed by atoms with Gasteiger partial charge in [0.15, 0.2) is 0 Å². The Morgan fingerprint density at radius 2 is 1.68 bits per heavy atom. The van der Waals surface area contributed by atoms with Crippen LogP contribution in [0.4, 0.5) is 5.69 Å². The van der Waals surface area contributed by atoms with Crippen molar-refractivity contribution in [2.45, 2.75) is 38.9 Å². The lowest BCUT2D eigenvalue weighted by molar-refractivity contribution is -0.147. The van der Waals surface area contributed by atoms with Crippen LogP contribution in [-0.2, 0) is 14.3 Å². The van der Waals surface area contributed by atoms with Gasteiger partial charge in [0.25, 0.3) is 5.91 Å². The molecule has 25 heavy (non-hydrogen) atoms. The molecule has 1 saturated heterocycles. The van der Waals surface area contributed by atoms with Crippen LogP contribution in [0.5, 0.6) is 0 Å². The number of nitrogens with one attached hydrogen (secondary N) is 1. The Labute approximate surface area is 146 Å². The van der Waals surface area contributed by atoms with Crippen LogP contribution < -0.4 is 5.32 Å². The van der Waals surface area contributed by atoms with Gasteiger partial charge in [0.1, 0.15) is 5.41 Å². The van der Waals surface area contributed by atoms with Crippen molar-refractivity contribution < 1.29 is 24.2 Å². The van der Waals surface area contributed by atoms with E-state index in [4.69, 9.17) is 9.84 Å². The van der Waals surface area contributed by atoms with Crippen molar-refractivity contribution in [2.75, 3.05) is 18.4 Å². The highest BCUT2D eigenvalue weighted by Crippen LogP contribution is 2.46. The number of rotatable bonds is 4. The smallest absolute Gasteiger partial charge is 0.319 e. The summed E-state index contributed by atoms with van der Waals surface area (Å²) < 4.78 is 5.63. The van der Waals surface area contributed by atoms with Crippen LogP contribution in [0.15, 0.2) is 24.3 Å². The number of hydrogen-bond acceptors (Lipinski definition) is 4. The molecule has 0 spiro atoms. The number of hydrogen-bond donors (Lipinski definition) is 2. The van der Waals surface area contributed by atoms with Gasteiger partial charge in [-0.15, -0.1) is 0 Å². The third-order valence-corrected chi connectivity index (χ3v) is 4.69. The molecule has 7 heteroatoms. The molecule has 2 N–H and O–H groups in total. The SMILES string of the molecule is C[C@@H]1CN(C(=O)c2ccc(NC(=O)C3(C(=O)O)CC3)cc2)C[C@@H](C)O1. The molecule has 134 valence electrons. The molecule has 0 bridgehead atoms. The highest BCUT2D eigenvalue weighted by Gasteiger charge is 2.57. The Hall–Kier alpha value is -2.41. The van der Waals surface area contributed by atoms with Gasteiger partial charge in [0.05, 0.1) is 12.2 Å². The number of benzene rings is 1. The van der Waals surface area contributed by atoms with E-state index in [-0.39, 0.29) is 18.1 Å². The average molecular weight is 346 g/mol. The van der Waals surface area contributed by atoms with E-state index in [9.17, 15) is 14.4 Å². The molecule has 7 nitrogen and oxygen atoms in total. The first kappa shape index (κ1) is 17.4. The molecule has 1 aromatic carbocycles. The zero-order valence-electron chi connectivity index (χ0n) is 14.3. The Morgan fingerprint density at radius 1 is 1.12 bits per heavy atom. The number of nitrogens with zero attached hydrogens (tertiary/aromatic N) is 1. The van der Waals surface area contributed by atoms with Gasteiger partial charge in [-0.3, -0.25) is 14.4 Å². The summed E-state index contributed by atoms with van der Waals surface area (Å²) >= 11 is 0. The van der Waals surface area contributed by atoms with Crippen LogP contribution in [0.25, 0.3) is 0 Å². The molecule has 3 rings (SSSR count). The first-order chi connectivity index (χ1) is 11.8. The van der Waals surface area contributed by atoms with Crippen molar-refractivity contribution in [1.29, 1.82) is 0 Å². The van der Waals surface area contributed by atoms with Crippen molar-refractivity contribution >= 4 is 23.5 Å². The summed E-state index contributed by atoms with van der Waals surface area (Å²) in [6, 6.07) is 6.53. The lowest BCUT2D eigenvalue weighted by Crippen LogP contribution is -2.48. The predicted octanol–water partition coefficient (Wildman–Crippen LogP) is 1.74. The van der Waals surface area contributed by atoms with Gasteiger partial charge in [-0.2, -0.15) is 0 Å². The van der Waals surface area contributed by atoms with E-state index in [0.717, 1.165) is 0 Å². The fourth-order valence-electron chi connectivity index (χ4n) is 3.14. The molecule has 2 fully saturated rings. The van der Waals surface area contributed by atoms with E-state index >= 15 is 0 Å². The normalized spacial score (nSPS) is 24.5. The van der Waals surface area contributed by atoms with Crippen LogP contribution in [0, 0.1) is 5.41 Å². The molecule has 1 heterocycles. The van der Waals surface area contributed by atoms with Gasteiger partial charge in [-0.1, -0.05) is 0 Å². The summed E-state index contributed by atoms with van der Waals surface area (Å²) in [6.07, 6.45) is 0.713. The number of carbonyl (C=O) groups is 3. The minimum absolute atomic E-state index is 0.00277. The second-order valence-electron chi connectivity index (χ2n) is 6.89. The third kappa shape index (κ3) is 3.51. The molecule has 2 amide bonds. The number of amides is 2. The number of carboxylic acids is 1. The molecule has 2 atom stereocenters. The summed E-state index contributed by atoms with van der Waals surface area (Å²) in [6.45, 7) is 4.96. The Balaban J connectivity index is 1.65. The fraction of sp³-hybridized carbons (Fsp3) is 0.500. The Bertz CT molecular complexity index is 686. The van der Waals surface area contributed by atoms with Gasteiger partial charge in [-0.05, 0) is 51.0 Å². The fourth-order valence-corrected chi connectivity index (χ4v) is 3.14. The highest BCUT2D eigenvalue weighted by molar-refractivity contribution is 6.10. The molecular weight excluding hydrogens is 324 g/mol. The van der Waals surface area contributed by atoms with Crippen molar-refractivity contribution in [3.63, 3.8) is 0 Å². The first-order valence-corrected chi connectivity index (χ1v) is 8.41. The predicted molar refractivity (Wildman–Crippen MR) is 90.3 cm³/mol. The quantitative estimate of drug-likeness (QED) is 0.810. The molecule has 1 aliphatic heterocycles. The first-order valence-electron chi connectivity index (χ1n) is 8.41. The highest BCUT2D eigenvalue weighted by atomic mass is 16.5. The second kappa shape index (κ2) is 6.48. The number of ether oxygens (including phenoxy) is 1. The number of anilines is 1. The van der Waals surface area contributed by atoms with Gasteiger partial charge in [0.2, 0.25) is 5.91 Å². The van der Waals surface area contributed by atoms with Crippen LogP contribution >= 0.6 is 0 Å². The Kier molecular flexibility index (Phi) is 4.51. The van der Waals surface area contributed by atoms with Crippen LogP contribution in [0.2, 0.25) is 0 Å². The molecule has 1 aromatic rings.